The van der Waals surface area contributed by atoms with Crippen LogP contribution >= 0.6 is 0 Å². The molecule has 1 unspecified atom stereocenters. The molecule has 0 aliphatic carbocycles. The van der Waals surface area contributed by atoms with Gasteiger partial charge in [-0.15, -0.1) is 0 Å². The van der Waals surface area contributed by atoms with Crippen LogP contribution in [0.15, 0.2) is 42.7 Å². The van der Waals surface area contributed by atoms with Crippen molar-refractivity contribution in [3.63, 3.8) is 0 Å². The molecule has 2 aromatic rings. The molecule has 21 heavy (non-hydrogen) atoms. The monoisotopic (exact) mass is 283 g/mol. The van der Waals surface area contributed by atoms with Gasteiger partial charge in [-0.3, -0.25) is 4.98 Å². The van der Waals surface area contributed by atoms with Crippen LogP contribution in [0.25, 0.3) is 0 Å². The molecule has 2 rings (SSSR count). The molecule has 1 atom stereocenters. The number of benzene rings is 1. The van der Waals surface area contributed by atoms with E-state index in [1.54, 1.807) is 0 Å². The molecule has 0 aliphatic heterocycles. The molecule has 112 valence electrons. The van der Waals surface area contributed by atoms with Crippen molar-refractivity contribution in [2.24, 2.45) is 0 Å². The zero-order valence-corrected chi connectivity index (χ0v) is 13.1. The Bertz CT molecular complexity index is 578. The number of hydrogen-bond donors (Lipinski definition) is 2. The van der Waals surface area contributed by atoms with Crippen LogP contribution in [0.1, 0.15) is 50.2 Å². The number of anilines is 2. The molecule has 1 aromatic carbocycles. The van der Waals surface area contributed by atoms with Gasteiger partial charge >= 0.3 is 0 Å². The maximum Gasteiger partial charge on any atom is 0.0562 e. The second-order valence-electron chi connectivity index (χ2n) is 5.73. The van der Waals surface area contributed by atoms with Gasteiger partial charge in [-0.05, 0) is 35.6 Å². The van der Waals surface area contributed by atoms with Gasteiger partial charge in [-0.1, -0.05) is 39.0 Å². The molecular formula is C18H25N3. The number of aromatic nitrogens is 1. The van der Waals surface area contributed by atoms with Gasteiger partial charge in [0.05, 0.1) is 11.9 Å². The number of para-hydroxylation sites is 1. The second-order valence-corrected chi connectivity index (χ2v) is 5.73. The van der Waals surface area contributed by atoms with Crippen LogP contribution < -0.4 is 11.1 Å². The standard InChI is InChI=1S/C18H25N3/c1-4-14(16-7-5-6-8-17(16)19)11-21-18-12-20-10-9-15(18)13(2)3/h5-10,12-14,21H,4,11,19H2,1-3H3. The zero-order chi connectivity index (χ0) is 15.2. The zero-order valence-electron chi connectivity index (χ0n) is 13.1. The summed E-state index contributed by atoms with van der Waals surface area (Å²) in [5, 5.41) is 3.55. The van der Waals surface area contributed by atoms with Crippen LogP contribution in [-0.2, 0) is 0 Å². The Morgan fingerprint density at radius 1 is 1.14 bits per heavy atom. The Morgan fingerprint density at radius 3 is 2.57 bits per heavy atom. The summed E-state index contributed by atoms with van der Waals surface area (Å²) in [6.45, 7) is 7.47. The molecule has 0 saturated carbocycles. The van der Waals surface area contributed by atoms with Crippen molar-refractivity contribution < 1.29 is 0 Å². The maximum absolute atomic E-state index is 6.10. The van der Waals surface area contributed by atoms with E-state index in [1.807, 2.05) is 24.5 Å². The van der Waals surface area contributed by atoms with Gasteiger partial charge in [0.25, 0.3) is 0 Å². The molecule has 1 aromatic heterocycles. The van der Waals surface area contributed by atoms with Crippen molar-refractivity contribution in [3.05, 3.63) is 53.9 Å². The lowest BCUT2D eigenvalue weighted by molar-refractivity contribution is 0.695. The van der Waals surface area contributed by atoms with E-state index >= 15 is 0 Å². The van der Waals surface area contributed by atoms with E-state index in [0.29, 0.717) is 11.8 Å². The third-order valence-corrected chi connectivity index (χ3v) is 3.94. The molecule has 0 saturated heterocycles. The minimum absolute atomic E-state index is 0.409. The van der Waals surface area contributed by atoms with Crippen LogP contribution in [0, 0.1) is 0 Å². The average molecular weight is 283 g/mol. The summed E-state index contributed by atoms with van der Waals surface area (Å²) in [5.41, 5.74) is 10.6. The number of nitrogens with zero attached hydrogens (tertiary/aromatic N) is 1. The first-order valence-corrected chi connectivity index (χ1v) is 7.65. The topological polar surface area (TPSA) is 50.9 Å². The number of pyridine rings is 1. The molecule has 3 N–H and O–H groups in total. The maximum atomic E-state index is 6.10. The molecule has 0 radical (unpaired) electrons. The van der Waals surface area contributed by atoms with Crippen molar-refractivity contribution in [2.45, 2.75) is 39.0 Å². The van der Waals surface area contributed by atoms with Gasteiger partial charge in [-0.25, -0.2) is 0 Å². The molecule has 0 spiro atoms. The van der Waals surface area contributed by atoms with E-state index in [2.05, 4.69) is 49.3 Å². The molecule has 0 fully saturated rings. The fourth-order valence-electron chi connectivity index (χ4n) is 2.65. The predicted octanol–water partition coefficient (Wildman–Crippen LogP) is 4.39. The molecule has 1 heterocycles. The molecule has 0 bridgehead atoms. The van der Waals surface area contributed by atoms with Crippen molar-refractivity contribution in [1.82, 2.24) is 4.98 Å². The average Bonchev–Trinajstić information content (AvgIpc) is 2.49. The van der Waals surface area contributed by atoms with Gasteiger partial charge in [0.15, 0.2) is 0 Å². The highest BCUT2D eigenvalue weighted by molar-refractivity contribution is 5.52. The summed E-state index contributed by atoms with van der Waals surface area (Å²) in [7, 11) is 0. The van der Waals surface area contributed by atoms with Gasteiger partial charge in [0.1, 0.15) is 0 Å². The molecule has 3 nitrogen and oxygen atoms in total. The number of nitrogens with two attached hydrogens (primary N) is 1. The third kappa shape index (κ3) is 3.75. The van der Waals surface area contributed by atoms with Gasteiger partial charge < -0.3 is 11.1 Å². The summed E-state index contributed by atoms with van der Waals surface area (Å²) in [4.78, 5) is 4.23. The Hall–Kier alpha value is -2.03. The van der Waals surface area contributed by atoms with Crippen LogP contribution in [0.2, 0.25) is 0 Å². The fourth-order valence-corrected chi connectivity index (χ4v) is 2.65. The number of hydrogen-bond acceptors (Lipinski definition) is 3. The fraction of sp³-hybridized carbons (Fsp3) is 0.389. The van der Waals surface area contributed by atoms with E-state index in [-0.39, 0.29) is 0 Å². The van der Waals surface area contributed by atoms with Gasteiger partial charge in [0, 0.05) is 24.3 Å². The Kier molecular flexibility index (Phi) is 5.20. The van der Waals surface area contributed by atoms with Gasteiger partial charge in [-0.2, -0.15) is 0 Å². The summed E-state index contributed by atoms with van der Waals surface area (Å²) >= 11 is 0. The molecule has 0 aliphatic rings. The summed E-state index contributed by atoms with van der Waals surface area (Å²) < 4.78 is 0. The van der Waals surface area contributed by atoms with Crippen molar-refractivity contribution in [2.75, 3.05) is 17.6 Å². The van der Waals surface area contributed by atoms with E-state index in [9.17, 15) is 0 Å². The highest BCUT2D eigenvalue weighted by Crippen LogP contribution is 2.27. The Balaban J connectivity index is 2.13. The van der Waals surface area contributed by atoms with Crippen LogP contribution in [0.5, 0.6) is 0 Å². The number of nitrogens with one attached hydrogen (secondary N) is 1. The van der Waals surface area contributed by atoms with Crippen LogP contribution in [-0.4, -0.2) is 11.5 Å². The summed E-state index contributed by atoms with van der Waals surface area (Å²) in [6, 6.07) is 10.2. The lowest BCUT2D eigenvalue weighted by Gasteiger charge is -2.20. The first-order chi connectivity index (χ1) is 10.1. The largest absolute Gasteiger partial charge is 0.398 e. The lowest BCUT2D eigenvalue weighted by atomic mass is 9.94. The normalized spacial score (nSPS) is 12.4. The predicted molar refractivity (Wildman–Crippen MR) is 90.7 cm³/mol. The summed E-state index contributed by atoms with van der Waals surface area (Å²) in [6.07, 6.45) is 4.82. The second kappa shape index (κ2) is 7.11. The highest BCUT2D eigenvalue weighted by atomic mass is 14.9. The minimum atomic E-state index is 0.409. The van der Waals surface area contributed by atoms with E-state index in [4.69, 9.17) is 5.73 Å². The molecular weight excluding hydrogens is 258 g/mol. The van der Waals surface area contributed by atoms with E-state index in [0.717, 1.165) is 24.3 Å². The highest BCUT2D eigenvalue weighted by Gasteiger charge is 2.13. The Labute approximate surface area is 127 Å². The molecule has 3 heteroatoms. The first-order valence-electron chi connectivity index (χ1n) is 7.65. The van der Waals surface area contributed by atoms with Crippen LogP contribution in [0.3, 0.4) is 0 Å². The molecule has 0 amide bonds. The number of rotatable bonds is 6. The smallest absolute Gasteiger partial charge is 0.0562 e. The first kappa shape index (κ1) is 15.4. The minimum Gasteiger partial charge on any atom is -0.398 e. The van der Waals surface area contributed by atoms with Crippen molar-refractivity contribution in [1.29, 1.82) is 0 Å². The van der Waals surface area contributed by atoms with Gasteiger partial charge in [0.2, 0.25) is 0 Å². The van der Waals surface area contributed by atoms with Crippen molar-refractivity contribution >= 4 is 11.4 Å². The Morgan fingerprint density at radius 2 is 1.90 bits per heavy atom. The third-order valence-electron chi connectivity index (χ3n) is 3.94. The quantitative estimate of drug-likeness (QED) is 0.773. The van der Waals surface area contributed by atoms with E-state index < -0.39 is 0 Å². The summed E-state index contributed by atoms with van der Waals surface area (Å²) in [5.74, 6) is 0.892. The van der Waals surface area contributed by atoms with Crippen LogP contribution in [0.4, 0.5) is 11.4 Å². The number of nitrogen functional groups attached to an aromatic ring is 1. The SMILES string of the molecule is CCC(CNc1cnccc1C(C)C)c1ccccc1N. The van der Waals surface area contributed by atoms with E-state index in [1.165, 1.54) is 11.1 Å². The van der Waals surface area contributed by atoms with Crippen molar-refractivity contribution in [3.8, 4) is 0 Å². The lowest BCUT2D eigenvalue weighted by Crippen LogP contribution is -2.15.